The van der Waals surface area contributed by atoms with Crippen molar-refractivity contribution < 1.29 is 14.6 Å². The second-order valence-electron chi connectivity index (χ2n) is 5.76. The minimum absolute atomic E-state index is 0.0160. The van der Waals surface area contributed by atoms with Gasteiger partial charge in [-0.05, 0) is 44.0 Å². The summed E-state index contributed by atoms with van der Waals surface area (Å²) in [6.45, 7) is 2.74. The number of carbonyl (C=O) groups is 1. The molecule has 6 nitrogen and oxygen atoms in total. The first kappa shape index (κ1) is 18.4. The Balaban J connectivity index is 1.65. The predicted molar refractivity (Wildman–Crippen MR) is 102 cm³/mol. The number of fused-ring (bicyclic) bond motifs is 1. The highest BCUT2D eigenvalue weighted by molar-refractivity contribution is 7.17. The van der Waals surface area contributed by atoms with Crippen LogP contribution in [0.4, 0.5) is 0 Å². The van der Waals surface area contributed by atoms with E-state index in [1.54, 1.807) is 31.2 Å². The molecule has 0 aliphatic rings. The third-order valence-corrected chi connectivity index (χ3v) is 5.10. The lowest BCUT2D eigenvalue weighted by molar-refractivity contribution is 0.0699. The van der Waals surface area contributed by atoms with Crippen LogP contribution >= 0.6 is 22.9 Å². The molecule has 0 atom stereocenters. The van der Waals surface area contributed by atoms with Gasteiger partial charge in [0.1, 0.15) is 16.4 Å². The maximum atomic E-state index is 12.7. The van der Waals surface area contributed by atoms with Crippen LogP contribution in [0.1, 0.15) is 29.0 Å². The van der Waals surface area contributed by atoms with Gasteiger partial charge in [0.2, 0.25) is 0 Å². The number of aromatic nitrogens is 2. The van der Waals surface area contributed by atoms with E-state index in [9.17, 15) is 14.7 Å². The summed E-state index contributed by atoms with van der Waals surface area (Å²) in [6, 6.07) is 7.14. The Bertz CT molecular complexity index is 995. The van der Waals surface area contributed by atoms with E-state index in [0.717, 1.165) is 12.2 Å². The number of unbranched alkanes of at least 4 members (excludes halogenated alkanes) is 1. The van der Waals surface area contributed by atoms with Crippen LogP contribution in [0.15, 0.2) is 34.4 Å². The third kappa shape index (κ3) is 3.89. The van der Waals surface area contributed by atoms with Gasteiger partial charge in [-0.1, -0.05) is 11.6 Å². The van der Waals surface area contributed by atoms with E-state index >= 15 is 0 Å². The van der Waals surface area contributed by atoms with E-state index in [2.05, 4.69) is 4.98 Å². The number of carboxylic acid groups (broad SMARTS) is 1. The molecule has 0 aliphatic heterocycles. The Morgan fingerprint density at radius 1 is 1.31 bits per heavy atom. The summed E-state index contributed by atoms with van der Waals surface area (Å²) in [6.07, 6.45) is 1.47. The molecule has 0 bridgehead atoms. The lowest BCUT2D eigenvalue weighted by Crippen LogP contribution is -2.24. The number of carboxylic acids is 1. The topological polar surface area (TPSA) is 81.4 Å². The van der Waals surface area contributed by atoms with Crippen LogP contribution in [-0.2, 0) is 6.54 Å². The summed E-state index contributed by atoms with van der Waals surface area (Å²) in [4.78, 5) is 28.8. The average Bonchev–Trinajstić information content (AvgIpc) is 3.03. The zero-order valence-corrected chi connectivity index (χ0v) is 15.6. The molecule has 0 spiro atoms. The maximum Gasteiger partial charge on any atom is 0.337 e. The minimum atomic E-state index is -1.11. The molecule has 26 heavy (non-hydrogen) atoms. The Hall–Kier alpha value is -2.38. The molecule has 0 saturated carbocycles. The number of hydrogen-bond acceptors (Lipinski definition) is 5. The lowest BCUT2D eigenvalue weighted by Gasteiger charge is -2.10. The summed E-state index contributed by atoms with van der Waals surface area (Å²) in [5.41, 5.74) is -0.285. The van der Waals surface area contributed by atoms with Gasteiger partial charge in [0.05, 0.1) is 17.6 Å². The zero-order chi connectivity index (χ0) is 18.7. The fourth-order valence-corrected chi connectivity index (χ4v) is 3.71. The number of hydrogen-bond donors (Lipinski definition) is 1. The third-order valence-electron chi connectivity index (χ3n) is 3.97. The zero-order valence-electron chi connectivity index (χ0n) is 14.1. The number of halogens is 1. The van der Waals surface area contributed by atoms with E-state index in [1.807, 2.05) is 0 Å². The summed E-state index contributed by atoms with van der Waals surface area (Å²) >= 11 is 7.00. The van der Waals surface area contributed by atoms with Crippen molar-refractivity contribution in [3.8, 4) is 5.75 Å². The molecule has 8 heteroatoms. The normalized spacial score (nSPS) is 11.0. The van der Waals surface area contributed by atoms with E-state index in [4.69, 9.17) is 16.3 Å². The molecule has 1 N–H and O–H groups in total. The van der Waals surface area contributed by atoms with Gasteiger partial charge in [-0.3, -0.25) is 9.36 Å². The molecular formula is C18H17ClN2O4S. The van der Waals surface area contributed by atoms with E-state index in [1.165, 1.54) is 21.3 Å². The second kappa shape index (κ2) is 7.88. The van der Waals surface area contributed by atoms with Crippen molar-refractivity contribution >= 4 is 39.1 Å². The summed E-state index contributed by atoms with van der Waals surface area (Å²) in [5, 5.41) is 11.5. The number of rotatable bonds is 7. The highest BCUT2D eigenvalue weighted by atomic mass is 35.5. The smallest absolute Gasteiger partial charge is 0.337 e. The highest BCUT2D eigenvalue weighted by Gasteiger charge is 2.18. The monoisotopic (exact) mass is 392 g/mol. The minimum Gasteiger partial charge on any atom is -0.494 e. The molecule has 0 aliphatic carbocycles. The molecule has 3 aromatic rings. The van der Waals surface area contributed by atoms with E-state index in [0.29, 0.717) is 35.2 Å². The maximum absolute atomic E-state index is 12.7. The van der Waals surface area contributed by atoms with Crippen molar-refractivity contribution in [3.63, 3.8) is 0 Å². The fourth-order valence-electron chi connectivity index (χ4n) is 2.64. The number of aryl methyl sites for hydroxylation is 1. The first-order chi connectivity index (χ1) is 12.5. The number of thiophene rings is 1. The standard InChI is InChI=1S/C18H17ClN2O4S/c1-11-20-16-15(14(10-26-16)18(23)24)17(22)21(11)8-2-3-9-25-13-6-4-12(19)5-7-13/h4-7,10H,2-3,8-9H2,1H3,(H,23,24). The van der Waals surface area contributed by atoms with Gasteiger partial charge in [-0.15, -0.1) is 11.3 Å². The van der Waals surface area contributed by atoms with Gasteiger partial charge < -0.3 is 9.84 Å². The lowest BCUT2D eigenvalue weighted by atomic mass is 10.2. The van der Waals surface area contributed by atoms with Gasteiger partial charge >= 0.3 is 5.97 Å². The van der Waals surface area contributed by atoms with Crippen LogP contribution in [0, 0.1) is 6.92 Å². The van der Waals surface area contributed by atoms with E-state index < -0.39 is 5.97 Å². The van der Waals surface area contributed by atoms with Crippen LogP contribution < -0.4 is 10.3 Å². The molecule has 2 heterocycles. The van der Waals surface area contributed by atoms with Gasteiger partial charge in [-0.25, -0.2) is 9.78 Å². The largest absolute Gasteiger partial charge is 0.494 e. The second-order valence-corrected chi connectivity index (χ2v) is 7.05. The molecule has 1 aromatic carbocycles. The van der Waals surface area contributed by atoms with Crippen molar-refractivity contribution in [1.82, 2.24) is 9.55 Å². The summed E-state index contributed by atoms with van der Waals surface area (Å²) in [5.74, 6) is 0.219. The fraction of sp³-hybridized carbons (Fsp3) is 0.278. The molecule has 3 rings (SSSR count). The highest BCUT2D eigenvalue weighted by Crippen LogP contribution is 2.21. The van der Waals surface area contributed by atoms with Crippen LogP contribution in [0.3, 0.4) is 0 Å². The first-order valence-corrected chi connectivity index (χ1v) is 9.33. The summed E-state index contributed by atoms with van der Waals surface area (Å²) < 4.78 is 7.16. The molecule has 2 aromatic heterocycles. The molecule has 0 radical (unpaired) electrons. The molecular weight excluding hydrogens is 376 g/mol. The first-order valence-electron chi connectivity index (χ1n) is 8.07. The van der Waals surface area contributed by atoms with Crippen molar-refractivity contribution in [3.05, 3.63) is 56.4 Å². The van der Waals surface area contributed by atoms with Gasteiger partial charge in [-0.2, -0.15) is 0 Å². The van der Waals surface area contributed by atoms with Crippen molar-refractivity contribution in [1.29, 1.82) is 0 Å². The Morgan fingerprint density at radius 2 is 2.04 bits per heavy atom. The number of ether oxygens (including phenoxy) is 1. The number of aromatic carboxylic acids is 1. The number of benzene rings is 1. The Morgan fingerprint density at radius 3 is 2.73 bits per heavy atom. The van der Waals surface area contributed by atoms with Gasteiger partial charge in [0.25, 0.3) is 5.56 Å². The quantitative estimate of drug-likeness (QED) is 0.615. The van der Waals surface area contributed by atoms with Gasteiger partial charge in [0.15, 0.2) is 0 Å². The average molecular weight is 393 g/mol. The summed E-state index contributed by atoms with van der Waals surface area (Å²) in [7, 11) is 0. The Labute approximate surface area is 158 Å². The van der Waals surface area contributed by atoms with E-state index in [-0.39, 0.29) is 16.5 Å². The van der Waals surface area contributed by atoms with Crippen LogP contribution in [0.25, 0.3) is 10.2 Å². The predicted octanol–water partition coefficient (Wildman–Crippen LogP) is 3.98. The molecule has 0 amide bonds. The number of nitrogens with zero attached hydrogens (tertiary/aromatic N) is 2. The molecule has 0 fully saturated rings. The SMILES string of the molecule is Cc1nc2scc(C(=O)O)c2c(=O)n1CCCCOc1ccc(Cl)cc1. The Kier molecular flexibility index (Phi) is 5.58. The van der Waals surface area contributed by atoms with Crippen molar-refractivity contribution in [2.24, 2.45) is 0 Å². The van der Waals surface area contributed by atoms with Crippen molar-refractivity contribution in [2.75, 3.05) is 6.61 Å². The molecule has 0 unspecified atom stereocenters. The van der Waals surface area contributed by atoms with Gasteiger partial charge in [0, 0.05) is 16.9 Å². The molecule has 136 valence electrons. The van der Waals surface area contributed by atoms with Crippen LogP contribution in [0.2, 0.25) is 5.02 Å². The van der Waals surface area contributed by atoms with Crippen molar-refractivity contribution in [2.45, 2.75) is 26.3 Å². The van der Waals surface area contributed by atoms with Crippen LogP contribution in [0.5, 0.6) is 5.75 Å². The molecule has 0 saturated heterocycles. The van der Waals surface area contributed by atoms with Crippen LogP contribution in [-0.4, -0.2) is 27.2 Å².